The maximum atomic E-state index is 13.1. The molecule has 3 fully saturated rings. The van der Waals surface area contributed by atoms with Crippen molar-refractivity contribution in [3.05, 3.63) is 212 Å². The molecule has 0 saturated carbocycles. The number of urea groups is 1. The molecule has 23 nitrogen and oxygen atoms in total. The number of benzene rings is 7. The number of aliphatic hydroxyl groups excluding tert-OH is 1. The molecule has 5 N–H and O–H groups in total. The lowest BCUT2D eigenvalue weighted by Gasteiger charge is -2.27. The number of ether oxygens (including phenoxy) is 10. The Morgan fingerprint density at radius 1 is 0.447 bits per heavy atom. The van der Waals surface area contributed by atoms with Gasteiger partial charge in [-0.15, -0.1) is 10.5 Å². The number of primary amides is 1. The summed E-state index contributed by atoms with van der Waals surface area (Å²) >= 11 is 0. The first-order chi connectivity index (χ1) is 50.1. The molecule has 0 unspecified atom stereocenters. The second kappa shape index (κ2) is 45.3. The first-order valence-corrected chi connectivity index (χ1v) is 33.0. The van der Waals surface area contributed by atoms with Crippen LogP contribution in [0.4, 0.5) is 37.1 Å². The lowest BCUT2D eigenvalue weighted by molar-refractivity contribution is -0.0881. The van der Waals surface area contributed by atoms with E-state index in [0.717, 1.165) is 62.9 Å². The summed E-state index contributed by atoms with van der Waals surface area (Å²) in [7, 11) is 0. The highest BCUT2D eigenvalue weighted by Crippen LogP contribution is 2.25. The quantitative estimate of drug-likeness (QED) is 0.0204. The highest BCUT2D eigenvalue weighted by Gasteiger charge is 2.26. The molecular formula is C77H79F3N4O19. The van der Waals surface area contributed by atoms with Gasteiger partial charge in [0.15, 0.2) is 0 Å². The van der Waals surface area contributed by atoms with Crippen LogP contribution < -0.4 is 44.4 Å². The van der Waals surface area contributed by atoms with Crippen LogP contribution in [-0.2, 0) is 23.9 Å². The van der Waals surface area contributed by atoms with Crippen LogP contribution in [0.1, 0.15) is 77.0 Å². The van der Waals surface area contributed by atoms with E-state index in [4.69, 9.17) is 68.3 Å². The third kappa shape index (κ3) is 32.6. The number of carbonyl (C=O) groups excluding carboxylic acids is 5. The fourth-order valence-electron chi connectivity index (χ4n) is 9.40. The first kappa shape index (κ1) is 78.9. The zero-order valence-electron chi connectivity index (χ0n) is 56.1. The van der Waals surface area contributed by atoms with E-state index in [-0.39, 0.29) is 85.9 Å². The Balaban J connectivity index is 0.000000201. The fraction of sp³-hybridized carbons (Fsp3) is 0.312. The van der Waals surface area contributed by atoms with Crippen molar-refractivity contribution in [1.29, 1.82) is 0 Å². The monoisotopic (exact) mass is 1420 g/mol. The molecule has 7 aromatic rings. The van der Waals surface area contributed by atoms with Crippen molar-refractivity contribution < 1.29 is 105 Å². The van der Waals surface area contributed by atoms with E-state index in [0.29, 0.717) is 72.2 Å². The Hall–Kier alpha value is -11.4. The van der Waals surface area contributed by atoms with Crippen molar-refractivity contribution in [2.24, 2.45) is 5.73 Å². The molecule has 3 aliphatic heterocycles. The van der Waals surface area contributed by atoms with E-state index >= 15 is 0 Å². The van der Waals surface area contributed by atoms with Crippen molar-refractivity contribution >= 4 is 30.5 Å². The average Bonchev–Trinajstić information content (AvgIpc) is 1.06. The number of rotatable bonds is 18. The average molecular weight is 1420 g/mol. The van der Waals surface area contributed by atoms with Gasteiger partial charge in [-0.2, -0.15) is 0 Å². The number of para-hydroxylation sites is 4. The number of hydrogen-bond acceptors (Lipinski definition) is 19. The number of aliphatic hydroxyl groups is 1. The molecule has 3 heterocycles. The minimum Gasteiger partial charge on any atom is -0.491 e. The summed E-state index contributed by atoms with van der Waals surface area (Å²) in [6, 6.07) is 50.2. The number of carbonyl (C=O) groups is 5. The van der Waals surface area contributed by atoms with Crippen molar-refractivity contribution in [1.82, 2.24) is 15.6 Å². The van der Waals surface area contributed by atoms with E-state index in [1.165, 1.54) is 36.4 Å². The topological polar surface area (TPSA) is 281 Å². The zero-order valence-corrected chi connectivity index (χ0v) is 56.1. The number of nitrogens with two attached hydrogens (primary N) is 1. The van der Waals surface area contributed by atoms with Crippen LogP contribution in [0.25, 0.3) is 0 Å². The maximum absolute atomic E-state index is 13.1. The van der Waals surface area contributed by atoms with E-state index in [9.17, 15) is 37.1 Å². The predicted molar refractivity (Wildman–Crippen MR) is 367 cm³/mol. The number of halogens is 3. The molecule has 0 spiro atoms. The molecule has 26 heteroatoms. The van der Waals surface area contributed by atoms with Gasteiger partial charge in [-0.25, -0.2) is 42.2 Å². The van der Waals surface area contributed by atoms with Crippen molar-refractivity contribution in [2.75, 3.05) is 39.5 Å². The molecule has 0 aliphatic carbocycles. The van der Waals surface area contributed by atoms with Crippen molar-refractivity contribution in [3.63, 3.8) is 0 Å². The summed E-state index contributed by atoms with van der Waals surface area (Å²) < 4.78 is 93.3. The number of hydroxylamine groups is 5. The van der Waals surface area contributed by atoms with E-state index in [1.54, 1.807) is 158 Å². The van der Waals surface area contributed by atoms with Gasteiger partial charge >= 0.3 is 30.5 Å². The van der Waals surface area contributed by atoms with Crippen LogP contribution in [0.2, 0.25) is 0 Å². The summed E-state index contributed by atoms with van der Waals surface area (Å²) in [4.78, 5) is 67.7. The number of nitrogens with one attached hydrogen (secondary N) is 1. The molecular weight excluding hydrogens is 1340 g/mol. The predicted octanol–water partition coefficient (Wildman–Crippen LogP) is 13.9. The van der Waals surface area contributed by atoms with Crippen LogP contribution >= 0.6 is 0 Å². The lowest BCUT2D eigenvalue weighted by Crippen LogP contribution is -2.37. The first-order valence-electron chi connectivity index (χ1n) is 33.0. The molecule has 3 saturated heterocycles. The molecule has 7 aromatic carbocycles. The molecule has 6 atom stereocenters. The zero-order chi connectivity index (χ0) is 73.1. The number of amides is 4. The van der Waals surface area contributed by atoms with E-state index in [1.807, 2.05) is 5.48 Å². The van der Waals surface area contributed by atoms with Gasteiger partial charge in [-0.3, -0.25) is 10.0 Å². The third-order valence-corrected chi connectivity index (χ3v) is 14.4. The molecule has 542 valence electrons. The van der Waals surface area contributed by atoms with Gasteiger partial charge in [-0.1, -0.05) is 108 Å². The normalized spacial score (nSPS) is 16.9. The van der Waals surface area contributed by atoms with Gasteiger partial charge in [0, 0.05) is 19.3 Å². The second-order valence-electron chi connectivity index (χ2n) is 22.3. The summed E-state index contributed by atoms with van der Waals surface area (Å²) in [5, 5.41) is 19.0. The molecule has 4 amide bonds. The standard InChI is InChI=1S/C30H28FNO7.C17H21FN2O4.C16H19FO3.C14H11NO5/c31-23-17-19-24(20-18-23)35-22-28-16-9-15-25(36-28)14-7-8-21-32(29(33)37-26-10-3-1-4-11-26)39-30(34)38-27-12-5-2-6-13-27;18-13-7-9-14(10-8-13)23-12-16-6-3-5-15(24-16)4-1-2-11-20(22)17(19)21;17-13-7-9-14(10-8-13)19-12-16-6-3-5-15(20-16)4-1-2-11-18;16-13(18-11-7-3-1-4-8-11)15-20-14(17)19-12-9-5-2-6-10-12/h1-6,10-13,17-20,25,28H,8-9,15-16,21-22H2;7-10,15-16,22H,2-3,5-6,11-12H2,(H2,19,21);7-10,15-16,18H,2-3,5-6,11-12H2;1-10H,(H,15,16)/t25-,28+;2*15-,16+;/m111./s1. The maximum Gasteiger partial charge on any atom is 0.539 e. The fourth-order valence-corrected chi connectivity index (χ4v) is 9.40. The minimum atomic E-state index is -1.08. The Bertz CT molecular complexity index is 3810. The summed E-state index contributed by atoms with van der Waals surface area (Å²) in [6.45, 7) is 1.26. The van der Waals surface area contributed by atoms with Crippen molar-refractivity contribution in [3.8, 4) is 75.8 Å². The molecule has 103 heavy (non-hydrogen) atoms. The van der Waals surface area contributed by atoms with Crippen LogP contribution in [0.15, 0.2) is 194 Å². The van der Waals surface area contributed by atoms with Crippen LogP contribution in [0.5, 0.6) is 40.2 Å². The molecule has 0 radical (unpaired) electrons. The highest BCUT2D eigenvalue weighted by molar-refractivity contribution is 5.73. The SMILES string of the molecule is NC(=O)N(O)CCC#C[C@@H]1CCC[C@@H](COc2ccc(F)cc2)O1.O=C(NOC(=O)Oc1ccccc1)Oc1ccccc1.O=C(Oc1ccccc1)ON(CCC#C[C@@H]1CCC[C@@H](COc2ccc(F)cc2)O1)C(=O)Oc1ccccc1.OCCC#C[C@@H]1CCC[C@@H](COc2ccc(F)cc2)O1. The van der Waals surface area contributed by atoms with Crippen molar-refractivity contribution in [2.45, 2.75) is 114 Å². The van der Waals surface area contributed by atoms with Gasteiger partial charge < -0.3 is 63.0 Å². The highest BCUT2D eigenvalue weighted by atomic mass is 19.1. The smallest absolute Gasteiger partial charge is 0.491 e. The minimum absolute atomic E-state index is 0.0160. The summed E-state index contributed by atoms with van der Waals surface area (Å²) in [5.74, 6) is 19.9. The van der Waals surface area contributed by atoms with Gasteiger partial charge in [0.25, 0.3) is 0 Å². The summed E-state index contributed by atoms with van der Waals surface area (Å²) in [5.41, 5.74) is 6.71. The van der Waals surface area contributed by atoms with Gasteiger partial charge in [0.1, 0.15) is 95.8 Å². The largest absolute Gasteiger partial charge is 0.539 e. The Morgan fingerprint density at radius 2 is 0.796 bits per heavy atom. The van der Waals surface area contributed by atoms with E-state index < -0.39 is 30.5 Å². The van der Waals surface area contributed by atoms with Gasteiger partial charge in [0.2, 0.25) is 0 Å². The van der Waals surface area contributed by atoms with Gasteiger partial charge in [0.05, 0.1) is 38.0 Å². The molecule has 0 aromatic heterocycles. The van der Waals surface area contributed by atoms with E-state index in [2.05, 4.69) is 40.4 Å². The van der Waals surface area contributed by atoms with Crippen LogP contribution in [0.3, 0.4) is 0 Å². The second-order valence-corrected chi connectivity index (χ2v) is 22.3. The lowest BCUT2D eigenvalue weighted by atomic mass is 10.0. The van der Waals surface area contributed by atoms with Gasteiger partial charge in [-0.05, 0) is 179 Å². The Labute approximate surface area is 594 Å². The third-order valence-electron chi connectivity index (χ3n) is 14.4. The Morgan fingerprint density at radius 3 is 1.17 bits per heavy atom. The van der Waals surface area contributed by atoms with Crippen LogP contribution in [-0.4, -0.2) is 127 Å². The molecule has 3 aliphatic rings. The number of nitrogens with zero attached hydrogens (tertiary/aromatic N) is 2. The molecule has 0 bridgehead atoms. The molecule has 10 rings (SSSR count). The summed E-state index contributed by atoms with van der Waals surface area (Å²) in [6.07, 6.45) is 4.38. The van der Waals surface area contributed by atoms with Crippen LogP contribution in [0, 0.1) is 53.0 Å². The number of hydrogen-bond donors (Lipinski definition) is 4. The Kier molecular flexibility index (Phi) is 34.7.